The van der Waals surface area contributed by atoms with E-state index in [-0.39, 0.29) is 12.2 Å². The van der Waals surface area contributed by atoms with E-state index in [0.29, 0.717) is 6.00 Å². The van der Waals surface area contributed by atoms with Gasteiger partial charge in [0.05, 0.1) is 6.00 Å². The molecule has 0 aliphatic heterocycles. The summed E-state index contributed by atoms with van der Waals surface area (Å²) in [4.78, 5) is 1.76. The van der Waals surface area contributed by atoms with Crippen LogP contribution in [0.25, 0.3) is 0 Å². The van der Waals surface area contributed by atoms with Crippen molar-refractivity contribution in [2.75, 3.05) is 13.1 Å². The SMILES string of the molecule is CC(C)=C=C(F)C/C=C\N(C)CCl. The molecular weight excluding hydrogens is 189 g/mol. The van der Waals surface area contributed by atoms with E-state index in [2.05, 4.69) is 5.73 Å². The molecule has 3 heteroatoms. The van der Waals surface area contributed by atoms with Crippen molar-refractivity contribution in [1.29, 1.82) is 0 Å². The van der Waals surface area contributed by atoms with Gasteiger partial charge in [0.15, 0.2) is 0 Å². The number of halogens is 2. The van der Waals surface area contributed by atoms with Crippen LogP contribution < -0.4 is 0 Å². The molecule has 0 rings (SSSR count). The highest BCUT2D eigenvalue weighted by atomic mass is 35.5. The Kier molecular flexibility index (Phi) is 6.38. The van der Waals surface area contributed by atoms with E-state index in [9.17, 15) is 4.39 Å². The minimum absolute atomic E-state index is 0.251. The Labute approximate surface area is 84.2 Å². The normalized spacial score (nSPS) is 9.92. The van der Waals surface area contributed by atoms with Gasteiger partial charge in [-0.1, -0.05) is 11.8 Å². The van der Waals surface area contributed by atoms with Crippen LogP contribution in [0.5, 0.6) is 0 Å². The van der Waals surface area contributed by atoms with Crippen LogP contribution in [0.4, 0.5) is 4.39 Å². The van der Waals surface area contributed by atoms with Crippen molar-refractivity contribution in [2.45, 2.75) is 20.3 Å². The Morgan fingerprint density at radius 3 is 2.62 bits per heavy atom. The Morgan fingerprint density at radius 2 is 2.15 bits per heavy atom. The van der Waals surface area contributed by atoms with Crippen LogP contribution in [0.15, 0.2) is 29.4 Å². The zero-order chi connectivity index (χ0) is 10.3. The molecule has 0 saturated heterocycles. The molecule has 0 heterocycles. The molecule has 0 aromatic carbocycles. The van der Waals surface area contributed by atoms with Crippen LogP contribution in [0.1, 0.15) is 20.3 Å². The van der Waals surface area contributed by atoms with Gasteiger partial charge in [0.1, 0.15) is 5.83 Å². The molecule has 0 bridgehead atoms. The minimum atomic E-state index is -0.251. The minimum Gasteiger partial charge on any atom is -0.367 e. The van der Waals surface area contributed by atoms with E-state index in [1.165, 1.54) is 0 Å². The second-order valence-electron chi connectivity index (χ2n) is 3.00. The van der Waals surface area contributed by atoms with Crippen molar-refractivity contribution in [3.63, 3.8) is 0 Å². The van der Waals surface area contributed by atoms with Crippen molar-refractivity contribution in [2.24, 2.45) is 0 Å². The highest BCUT2D eigenvalue weighted by Gasteiger charge is 1.89. The molecule has 1 nitrogen and oxygen atoms in total. The average molecular weight is 204 g/mol. The number of rotatable bonds is 4. The van der Waals surface area contributed by atoms with E-state index in [1.54, 1.807) is 17.2 Å². The van der Waals surface area contributed by atoms with Crippen LogP contribution in [-0.2, 0) is 0 Å². The van der Waals surface area contributed by atoms with E-state index in [1.807, 2.05) is 20.9 Å². The molecule has 0 N–H and O–H groups in total. The summed E-state index contributed by atoms with van der Waals surface area (Å²) in [6, 6.07) is 0.407. The predicted molar refractivity (Wildman–Crippen MR) is 55.2 cm³/mol. The number of allylic oxidation sites excluding steroid dienone is 2. The Bertz CT molecular complexity index is 235. The van der Waals surface area contributed by atoms with Gasteiger partial charge in [0, 0.05) is 13.5 Å². The fourth-order valence-electron chi connectivity index (χ4n) is 0.698. The smallest absolute Gasteiger partial charge is 0.146 e. The average Bonchev–Trinajstić information content (AvgIpc) is 2.02. The summed E-state index contributed by atoms with van der Waals surface area (Å²) in [6.45, 7) is 3.63. The standard InChI is InChI=1S/C10H15ClFN/c1-9(2)7-10(12)5-4-6-13(3)8-11/h4,6H,5,8H2,1-3H3/b6-4-. The highest BCUT2D eigenvalue weighted by molar-refractivity contribution is 6.17. The lowest BCUT2D eigenvalue weighted by Crippen LogP contribution is -2.06. The lowest BCUT2D eigenvalue weighted by Gasteiger charge is -2.06. The van der Waals surface area contributed by atoms with Gasteiger partial charge in [0.2, 0.25) is 0 Å². The van der Waals surface area contributed by atoms with Gasteiger partial charge in [-0.25, -0.2) is 4.39 Å². The maximum Gasteiger partial charge on any atom is 0.146 e. The van der Waals surface area contributed by atoms with Crippen molar-refractivity contribution in [3.05, 3.63) is 29.4 Å². The molecule has 0 fully saturated rings. The van der Waals surface area contributed by atoms with E-state index in [4.69, 9.17) is 11.6 Å². The maximum atomic E-state index is 12.9. The molecule has 0 spiro atoms. The molecule has 0 saturated carbocycles. The number of hydrogen-bond acceptors (Lipinski definition) is 1. The number of nitrogens with zero attached hydrogens (tertiary/aromatic N) is 1. The molecule has 0 amide bonds. The fourth-order valence-corrected chi connectivity index (χ4v) is 0.778. The third kappa shape index (κ3) is 7.63. The van der Waals surface area contributed by atoms with Crippen LogP contribution in [0.2, 0.25) is 0 Å². The molecule has 0 aromatic heterocycles. The van der Waals surface area contributed by atoms with Gasteiger partial charge >= 0.3 is 0 Å². The molecule has 0 radical (unpaired) electrons. The molecule has 74 valence electrons. The van der Waals surface area contributed by atoms with Gasteiger partial charge in [0.25, 0.3) is 0 Å². The van der Waals surface area contributed by atoms with Crippen molar-refractivity contribution in [1.82, 2.24) is 4.90 Å². The quantitative estimate of drug-likeness (QED) is 0.384. The molecule has 0 unspecified atom stereocenters. The largest absolute Gasteiger partial charge is 0.367 e. The molecular formula is C10H15ClFN. The van der Waals surface area contributed by atoms with E-state index < -0.39 is 0 Å². The summed E-state index contributed by atoms with van der Waals surface area (Å²) in [6.07, 6.45) is 3.74. The van der Waals surface area contributed by atoms with Gasteiger partial charge in [-0.15, -0.1) is 11.6 Å². The summed E-state index contributed by atoms with van der Waals surface area (Å²) >= 11 is 5.51. The summed E-state index contributed by atoms with van der Waals surface area (Å²) < 4.78 is 12.9. The molecule has 0 atom stereocenters. The third-order valence-corrected chi connectivity index (χ3v) is 1.61. The molecule has 0 aliphatic carbocycles. The van der Waals surface area contributed by atoms with E-state index in [0.717, 1.165) is 5.57 Å². The summed E-state index contributed by atoms with van der Waals surface area (Å²) in [5, 5.41) is 0. The first-order valence-corrected chi connectivity index (χ1v) is 4.61. The van der Waals surface area contributed by atoms with Gasteiger partial charge in [-0.2, -0.15) is 0 Å². The lowest BCUT2D eigenvalue weighted by molar-refractivity contribution is 0.532. The van der Waals surface area contributed by atoms with Crippen LogP contribution in [0, 0.1) is 0 Å². The summed E-state index contributed by atoms with van der Waals surface area (Å²) in [5.41, 5.74) is 3.44. The van der Waals surface area contributed by atoms with E-state index >= 15 is 0 Å². The second-order valence-corrected chi connectivity index (χ2v) is 3.23. The van der Waals surface area contributed by atoms with Crippen LogP contribution in [-0.4, -0.2) is 18.0 Å². The first kappa shape index (κ1) is 12.3. The number of alkyl halides is 1. The summed E-state index contributed by atoms with van der Waals surface area (Å²) in [7, 11) is 1.83. The van der Waals surface area contributed by atoms with Gasteiger partial charge in [-0.05, 0) is 25.6 Å². The molecule has 13 heavy (non-hydrogen) atoms. The van der Waals surface area contributed by atoms with Gasteiger partial charge in [-0.3, -0.25) is 0 Å². The van der Waals surface area contributed by atoms with Gasteiger partial charge < -0.3 is 4.90 Å². The lowest BCUT2D eigenvalue weighted by atomic mass is 10.3. The Morgan fingerprint density at radius 1 is 1.54 bits per heavy atom. The second kappa shape index (κ2) is 6.76. The monoisotopic (exact) mass is 203 g/mol. The highest BCUT2D eigenvalue weighted by Crippen LogP contribution is 2.04. The first-order chi connectivity index (χ1) is 6.06. The summed E-state index contributed by atoms with van der Waals surface area (Å²) in [5.74, 6) is -0.251. The first-order valence-electron chi connectivity index (χ1n) is 4.07. The van der Waals surface area contributed by atoms with Crippen molar-refractivity contribution >= 4 is 11.6 Å². The Hall–Kier alpha value is -0.720. The topological polar surface area (TPSA) is 3.24 Å². The van der Waals surface area contributed by atoms with Crippen LogP contribution in [0.3, 0.4) is 0 Å². The zero-order valence-electron chi connectivity index (χ0n) is 8.27. The maximum absolute atomic E-state index is 12.9. The van der Waals surface area contributed by atoms with Crippen molar-refractivity contribution in [3.8, 4) is 0 Å². The fraction of sp³-hybridized carbons (Fsp3) is 0.500. The van der Waals surface area contributed by atoms with Crippen molar-refractivity contribution < 1.29 is 4.39 Å². The molecule has 0 aliphatic rings. The third-order valence-electron chi connectivity index (χ3n) is 1.23. The predicted octanol–water partition coefficient (Wildman–Crippen LogP) is 3.44. The van der Waals surface area contributed by atoms with Crippen LogP contribution >= 0.6 is 11.6 Å². The zero-order valence-corrected chi connectivity index (χ0v) is 9.03. The molecule has 0 aromatic rings. The Balaban J connectivity index is 4.04. The number of hydrogen-bond donors (Lipinski definition) is 0.